The Hall–Kier alpha value is -1.42. The van der Waals surface area contributed by atoms with Crippen LogP contribution < -0.4 is 0 Å². The zero-order chi connectivity index (χ0) is 13.0. The summed E-state index contributed by atoms with van der Waals surface area (Å²) in [4.78, 5) is 16.0. The molecule has 2 heterocycles. The molecule has 4 heteroatoms. The van der Waals surface area contributed by atoms with Crippen LogP contribution in [0.5, 0.6) is 0 Å². The van der Waals surface area contributed by atoms with Gasteiger partial charge in [0.1, 0.15) is 6.61 Å². The van der Waals surface area contributed by atoms with E-state index < -0.39 is 0 Å². The molecule has 0 unspecified atom stereocenters. The van der Waals surface area contributed by atoms with E-state index in [-0.39, 0.29) is 18.2 Å². The zero-order valence-electron chi connectivity index (χ0n) is 10.9. The first-order chi connectivity index (χ1) is 8.70. The third kappa shape index (κ3) is 3.07. The SMILES string of the molecule is CCc1cnccc1C(=O)OC[C@H]1CC[C@@H](C)O1. The molecule has 4 nitrogen and oxygen atoms in total. The van der Waals surface area contributed by atoms with Crippen molar-refractivity contribution in [3.8, 4) is 0 Å². The Labute approximate surface area is 107 Å². The van der Waals surface area contributed by atoms with E-state index in [1.165, 1.54) is 0 Å². The van der Waals surface area contributed by atoms with E-state index in [4.69, 9.17) is 9.47 Å². The van der Waals surface area contributed by atoms with Crippen LogP contribution in [0.3, 0.4) is 0 Å². The van der Waals surface area contributed by atoms with Gasteiger partial charge in [-0.25, -0.2) is 4.79 Å². The van der Waals surface area contributed by atoms with Gasteiger partial charge in [-0.1, -0.05) is 6.92 Å². The van der Waals surface area contributed by atoms with Crippen molar-refractivity contribution < 1.29 is 14.3 Å². The summed E-state index contributed by atoms with van der Waals surface area (Å²) in [5.74, 6) is -0.280. The molecule has 0 spiro atoms. The third-order valence-electron chi connectivity index (χ3n) is 3.22. The number of aryl methyl sites for hydroxylation is 1. The minimum absolute atomic E-state index is 0.0517. The van der Waals surface area contributed by atoms with Crippen LogP contribution in [-0.4, -0.2) is 29.8 Å². The van der Waals surface area contributed by atoms with Crippen molar-refractivity contribution in [2.45, 2.75) is 45.3 Å². The fourth-order valence-corrected chi connectivity index (χ4v) is 2.16. The monoisotopic (exact) mass is 249 g/mol. The van der Waals surface area contributed by atoms with Gasteiger partial charge in [0.15, 0.2) is 0 Å². The van der Waals surface area contributed by atoms with Crippen LogP contribution in [0.4, 0.5) is 0 Å². The molecule has 18 heavy (non-hydrogen) atoms. The van der Waals surface area contributed by atoms with Crippen LogP contribution in [0.1, 0.15) is 42.6 Å². The number of aromatic nitrogens is 1. The molecule has 2 atom stereocenters. The van der Waals surface area contributed by atoms with Gasteiger partial charge < -0.3 is 9.47 Å². The lowest BCUT2D eigenvalue weighted by molar-refractivity contribution is -0.00272. The van der Waals surface area contributed by atoms with Crippen molar-refractivity contribution >= 4 is 5.97 Å². The highest BCUT2D eigenvalue weighted by molar-refractivity contribution is 5.90. The molecule has 1 aromatic heterocycles. The third-order valence-corrected chi connectivity index (χ3v) is 3.22. The van der Waals surface area contributed by atoms with Crippen LogP contribution in [0.2, 0.25) is 0 Å². The number of hydrogen-bond donors (Lipinski definition) is 0. The van der Waals surface area contributed by atoms with Crippen LogP contribution in [0.15, 0.2) is 18.5 Å². The number of nitrogens with zero attached hydrogens (tertiary/aromatic N) is 1. The molecule has 98 valence electrons. The van der Waals surface area contributed by atoms with Crippen molar-refractivity contribution in [2.24, 2.45) is 0 Å². The Morgan fingerprint density at radius 3 is 3.06 bits per heavy atom. The Kier molecular flexibility index (Phi) is 4.31. The summed E-state index contributed by atoms with van der Waals surface area (Å²) >= 11 is 0. The fraction of sp³-hybridized carbons (Fsp3) is 0.571. The predicted molar refractivity (Wildman–Crippen MR) is 67.5 cm³/mol. The Balaban J connectivity index is 1.91. The van der Waals surface area contributed by atoms with E-state index in [1.807, 2.05) is 13.8 Å². The van der Waals surface area contributed by atoms with E-state index in [1.54, 1.807) is 18.5 Å². The maximum Gasteiger partial charge on any atom is 0.338 e. The summed E-state index contributed by atoms with van der Waals surface area (Å²) in [5.41, 5.74) is 1.53. The van der Waals surface area contributed by atoms with Crippen molar-refractivity contribution in [3.63, 3.8) is 0 Å². The van der Waals surface area contributed by atoms with Gasteiger partial charge in [0.2, 0.25) is 0 Å². The van der Waals surface area contributed by atoms with Gasteiger partial charge >= 0.3 is 5.97 Å². The van der Waals surface area contributed by atoms with E-state index >= 15 is 0 Å². The second-order valence-corrected chi connectivity index (χ2v) is 4.63. The smallest absolute Gasteiger partial charge is 0.338 e. The molecule has 0 aliphatic carbocycles. The average molecular weight is 249 g/mol. The lowest BCUT2D eigenvalue weighted by atomic mass is 10.1. The number of ether oxygens (including phenoxy) is 2. The first kappa shape index (κ1) is 13.0. The number of carbonyl (C=O) groups is 1. The Morgan fingerprint density at radius 1 is 1.56 bits per heavy atom. The van der Waals surface area contributed by atoms with Gasteiger partial charge in [-0.15, -0.1) is 0 Å². The molecule has 0 N–H and O–H groups in total. The number of pyridine rings is 1. The quantitative estimate of drug-likeness (QED) is 0.769. The standard InChI is InChI=1S/C14H19NO3/c1-3-11-8-15-7-6-13(11)14(16)17-9-12-5-4-10(2)18-12/h6-8,10,12H,3-5,9H2,1-2H3/t10-,12-/m1/s1. The number of hydrogen-bond acceptors (Lipinski definition) is 4. The lowest BCUT2D eigenvalue weighted by Gasteiger charge is -2.12. The van der Waals surface area contributed by atoms with E-state index in [9.17, 15) is 4.79 Å². The maximum atomic E-state index is 12.0. The fourth-order valence-electron chi connectivity index (χ4n) is 2.16. The summed E-state index contributed by atoms with van der Waals surface area (Å²) in [7, 11) is 0. The van der Waals surface area contributed by atoms with Gasteiger partial charge in [-0.05, 0) is 37.8 Å². The molecule has 2 rings (SSSR count). The second kappa shape index (κ2) is 5.96. The number of esters is 1. The minimum atomic E-state index is -0.280. The highest BCUT2D eigenvalue weighted by Crippen LogP contribution is 2.19. The average Bonchev–Trinajstić information content (AvgIpc) is 2.81. The van der Waals surface area contributed by atoms with Gasteiger partial charge in [0.25, 0.3) is 0 Å². The molecule has 0 amide bonds. The number of rotatable bonds is 4. The van der Waals surface area contributed by atoms with Crippen molar-refractivity contribution in [1.29, 1.82) is 0 Å². The first-order valence-corrected chi connectivity index (χ1v) is 6.46. The summed E-state index contributed by atoms with van der Waals surface area (Å²) in [5, 5.41) is 0. The summed E-state index contributed by atoms with van der Waals surface area (Å²) in [6, 6.07) is 1.71. The van der Waals surface area contributed by atoms with Crippen LogP contribution >= 0.6 is 0 Å². The first-order valence-electron chi connectivity index (χ1n) is 6.46. The molecular weight excluding hydrogens is 230 g/mol. The maximum absolute atomic E-state index is 12.0. The van der Waals surface area contributed by atoms with Crippen molar-refractivity contribution in [1.82, 2.24) is 4.98 Å². The summed E-state index contributed by atoms with van der Waals surface area (Å²) in [6.45, 7) is 4.38. The van der Waals surface area contributed by atoms with Gasteiger partial charge in [-0.3, -0.25) is 4.98 Å². The summed E-state index contributed by atoms with van der Waals surface area (Å²) < 4.78 is 10.9. The van der Waals surface area contributed by atoms with Gasteiger partial charge in [0, 0.05) is 12.4 Å². The highest BCUT2D eigenvalue weighted by Gasteiger charge is 2.23. The molecular formula is C14H19NO3. The van der Waals surface area contributed by atoms with Crippen molar-refractivity contribution in [3.05, 3.63) is 29.6 Å². The topological polar surface area (TPSA) is 48.4 Å². The lowest BCUT2D eigenvalue weighted by Crippen LogP contribution is -2.19. The molecule has 1 saturated heterocycles. The molecule has 0 aromatic carbocycles. The molecule has 0 radical (unpaired) electrons. The second-order valence-electron chi connectivity index (χ2n) is 4.63. The number of carbonyl (C=O) groups excluding carboxylic acids is 1. The molecule has 1 fully saturated rings. The predicted octanol–water partition coefficient (Wildman–Crippen LogP) is 2.37. The molecule has 1 aliphatic heterocycles. The Morgan fingerprint density at radius 2 is 2.39 bits per heavy atom. The van der Waals surface area contributed by atoms with E-state index in [0.29, 0.717) is 12.2 Å². The van der Waals surface area contributed by atoms with Crippen LogP contribution in [0.25, 0.3) is 0 Å². The minimum Gasteiger partial charge on any atom is -0.459 e. The van der Waals surface area contributed by atoms with Gasteiger partial charge in [0.05, 0.1) is 17.8 Å². The normalized spacial score (nSPS) is 23.0. The van der Waals surface area contributed by atoms with Crippen LogP contribution in [0, 0.1) is 0 Å². The Bertz CT molecular complexity index is 419. The highest BCUT2D eigenvalue weighted by atomic mass is 16.6. The van der Waals surface area contributed by atoms with E-state index in [2.05, 4.69) is 4.98 Å². The molecule has 0 saturated carbocycles. The molecule has 1 aromatic rings. The summed E-state index contributed by atoms with van der Waals surface area (Å²) in [6.07, 6.45) is 6.43. The van der Waals surface area contributed by atoms with E-state index in [0.717, 1.165) is 24.8 Å². The largest absolute Gasteiger partial charge is 0.459 e. The van der Waals surface area contributed by atoms with Crippen LogP contribution in [-0.2, 0) is 15.9 Å². The molecule has 1 aliphatic rings. The zero-order valence-corrected chi connectivity index (χ0v) is 10.9. The van der Waals surface area contributed by atoms with Gasteiger partial charge in [-0.2, -0.15) is 0 Å². The van der Waals surface area contributed by atoms with Crippen molar-refractivity contribution in [2.75, 3.05) is 6.61 Å². The molecule has 0 bridgehead atoms.